The number of ether oxygens (including phenoxy) is 1. The molecule has 2 heteroatoms. The summed E-state index contributed by atoms with van der Waals surface area (Å²) in [6.07, 6.45) is 5.27. The SMILES string of the molecule is C=C[C@@H](OC)[C@@H](O)CCCCC. The number of unbranched alkanes of at least 4 members (excludes halogenated alkanes) is 2. The second-order valence-electron chi connectivity index (χ2n) is 3.00. The minimum Gasteiger partial charge on any atom is -0.390 e. The number of rotatable bonds is 7. The molecule has 0 unspecified atom stereocenters. The maximum atomic E-state index is 9.54. The second-order valence-corrected chi connectivity index (χ2v) is 3.00. The van der Waals surface area contributed by atoms with Crippen LogP contribution in [0.4, 0.5) is 0 Å². The van der Waals surface area contributed by atoms with Crippen LogP contribution in [0.5, 0.6) is 0 Å². The zero-order chi connectivity index (χ0) is 9.40. The summed E-state index contributed by atoms with van der Waals surface area (Å²) < 4.78 is 5.02. The van der Waals surface area contributed by atoms with E-state index in [1.807, 2.05) is 0 Å². The first-order valence-electron chi connectivity index (χ1n) is 4.59. The third-order valence-electron chi connectivity index (χ3n) is 1.99. The summed E-state index contributed by atoms with van der Waals surface area (Å²) >= 11 is 0. The van der Waals surface area contributed by atoms with E-state index in [9.17, 15) is 5.11 Å². The van der Waals surface area contributed by atoms with Gasteiger partial charge in [-0.2, -0.15) is 0 Å². The Balaban J connectivity index is 3.53. The maximum Gasteiger partial charge on any atom is 0.101 e. The van der Waals surface area contributed by atoms with E-state index in [1.165, 1.54) is 12.8 Å². The molecule has 0 aromatic heterocycles. The molecule has 2 nitrogen and oxygen atoms in total. The largest absolute Gasteiger partial charge is 0.390 e. The number of hydrogen-bond acceptors (Lipinski definition) is 2. The van der Waals surface area contributed by atoms with E-state index in [1.54, 1.807) is 13.2 Å². The highest BCUT2D eigenvalue weighted by molar-refractivity contribution is 4.85. The molecule has 2 atom stereocenters. The first-order chi connectivity index (χ1) is 5.76. The standard InChI is InChI=1S/C10H20O2/c1-4-6-7-8-9(11)10(5-2)12-3/h5,9-11H,2,4,6-8H2,1,3H3/t9-,10+/m0/s1. The Bertz CT molecular complexity index is 112. The first kappa shape index (κ1) is 11.7. The van der Waals surface area contributed by atoms with E-state index in [2.05, 4.69) is 13.5 Å². The minimum absolute atomic E-state index is 0.207. The van der Waals surface area contributed by atoms with Gasteiger partial charge in [0, 0.05) is 7.11 Å². The average molecular weight is 172 g/mol. The van der Waals surface area contributed by atoms with Crippen molar-refractivity contribution in [3.8, 4) is 0 Å². The summed E-state index contributed by atoms with van der Waals surface area (Å²) in [5, 5.41) is 9.54. The molecule has 0 fully saturated rings. The van der Waals surface area contributed by atoms with Crippen molar-refractivity contribution in [2.75, 3.05) is 7.11 Å². The molecule has 0 aromatic rings. The van der Waals surface area contributed by atoms with E-state index in [0.29, 0.717) is 0 Å². The lowest BCUT2D eigenvalue weighted by molar-refractivity contribution is 0.0117. The lowest BCUT2D eigenvalue weighted by atomic mass is 10.1. The third kappa shape index (κ3) is 4.52. The van der Waals surface area contributed by atoms with Gasteiger partial charge >= 0.3 is 0 Å². The Morgan fingerprint density at radius 2 is 2.17 bits per heavy atom. The van der Waals surface area contributed by atoms with E-state index in [4.69, 9.17) is 4.74 Å². The van der Waals surface area contributed by atoms with Gasteiger partial charge in [0.15, 0.2) is 0 Å². The number of aliphatic hydroxyl groups is 1. The van der Waals surface area contributed by atoms with Crippen LogP contribution in [0.3, 0.4) is 0 Å². The number of aliphatic hydroxyl groups excluding tert-OH is 1. The summed E-state index contributed by atoms with van der Waals surface area (Å²) in [5.74, 6) is 0. The van der Waals surface area contributed by atoms with Crippen LogP contribution in [0, 0.1) is 0 Å². The van der Waals surface area contributed by atoms with Crippen molar-refractivity contribution in [1.29, 1.82) is 0 Å². The van der Waals surface area contributed by atoms with E-state index >= 15 is 0 Å². The molecule has 0 rings (SSSR count). The van der Waals surface area contributed by atoms with Crippen LogP contribution < -0.4 is 0 Å². The summed E-state index contributed by atoms with van der Waals surface area (Å²) in [4.78, 5) is 0. The lowest BCUT2D eigenvalue weighted by Crippen LogP contribution is -2.25. The molecule has 0 spiro atoms. The zero-order valence-electron chi connectivity index (χ0n) is 8.12. The molecule has 0 saturated heterocycles. The summed E-state index contributed by atoms with van der Waals surface area (Å²) in [7, 11) is 1.59. The molecule has 0 aliphatic heterocycles. The van der Waals surface area contributed by atoms with Crippen LogP contribution in [0.15, 0.2) is 12.7 Å². The zero-order valence-corrected chi connectivity index (χ0v) is 8.12. The maximum absolute atomic E-state index is 9.54. The summed E-state index contributed by atoms with van der Waals surface area (Å²) in [6, 6.07) is 0. The van der Waals surface area contributed by atoms with Crippen LogP contribution in [0.25, 0.3) is 0 Å². The predicted octanol–water partition coefficient (Wildman–Crippen LogP) is 2.13. The highest BCUT2D eigenvalue weighted by Gasteiger charge is 2.13. The van der Waals surface area contributed by atoms with Crippen molar-refractivity contribution in [3.63, 3.8) is 0 Å². The Hall–Kier alpha value is -0.340. The Morgan fingerprint density at radius 3 is 2.58 bits per heavy atom. The molecule has 1 N–H and O–H groups in total. The topological polar surface area (TPSA) is 29.5 Å². The normalized spacial score (nSPS) is 15.6. The average Bonchev–Trinajstić information content (AvgIpc) is 2.07. The molecule has 0 radical (unpaired) electrons. The predicted molar refractivity (Wildman–Crippen MR) is 51.1 cm³/mol. The summed E-state index contributed by atoms with van der Waals surface area (Å²) in [5.41, 5.74) is 0. The molecule has 72 valence electrons. The molecule has 0 saturated carbocycles. The number of hydrogen-bond donors (Lipinski definition) is 1. The third-order valence-corrected chi connectivity index (χ3v) is 1.99. The van der Waals surface area contributed by atoms with Gasteiger partial charge in [0.2, 0.25) is 0 Å². The molecular formula is C10H20O2. The van der Waals surface area contributed by atoms with Gasteiger partial charge in [0.05, 0.1) is 6.10 Å². The molecule has 0 heterocycles. The quantitative estimate of drug-likeness (QED) is 0.471. The van der Waals surface area contributed by atoms with Crippen molar-refractivity contribution in [2.24, 2.45) is 0 Å². The fourth-order valence-electron chi connectivity index (χ4n) is 1.18. The van der Waals surface area contributed by atoms with Crippen molar-refractivity contribution in [2.45, 2.75) is 44.8 Å². The van der Waals surface area contributed by atoms with Crippen LogP contribution in [0.1, 0.15) is 32.6 Å². The molecule has 0 bridgehead atoms. The van der Waals surface area contributed by atoms with Crippen LogP contribution >= 0.6 is 0 Å². The Labute approximate surface area is 75.2 Å². The van der Waals surface area contributed by atoms with Crippen LogP contribution in [-0.2, 0) is 4.74 Å². The van der Waals surface area contributed by atoms with Crippen molar-refractivity contribution >= 4 is 0 Å². The van der Waals surface area contributed by atoms with Gasteiger partial charge in [-0.05, 0) is 6.42 Å². The molecule has 0 aromatic carbocycles. The van der Waals surface area contributed by atoms with Crippen LogP contribution in [0.2, 0.25) is 0 Å². The molecule has 0 aliphatic carbocycles. The van der Waals surface area contributed by atoms with Crippen molar-refractivity contribution in [1.82, 2.24) is 0 Å². The second kappa shape index (κ2) is 7.32. The van der Waals surface area contributed by atoms with Crippen molar-refractivity contribution in [3.05, 3.63) is 12.7 Å². The van der Waals surface area contributed by atoms with Gasteiger partial charge < -0.3 is 9.84 Å². The van der Waals surface area contributed by atoms with Gasteiger partial charge in [-0.25, -0.2) is 0 Å². The minimum atomic E-state index is -0.390. The van der Waals surface area contributed by atoms with Crippen LogP contribution in [-0.4, -0.2) is 24.4 Å². The molecule has 0 amide bonds. The van der Waals surface area contributed by atoms with Gasteiger partial charge in [0.1, 0.15) is 6.10 Å². The highest BCUT2D eigenvalue weighted by atomic mass is 16.5. The molecule has 0 aliphatic rings. The highest BCUT2D eigenvalue weighted by Crippen LogP contribution is 2.09. The van der Waals surface area contributed by atoms with E-state index in [0.717, 1.165) is 12.8 Å². The Morgan fingerprint density at radius 1 is 1.50 bits per heavy atom. The van der Waals surface area contributed by atoms with Gasteiger partial charge in [-0.3, -0.25) is 0 Å². The van der Waals surface area contributed by atoms with Gasteiger partial charge in [-0.15, -0.1) is 6.58 Å². The first-order valence-corrected chi connectivity index (χ1v) is 4.59. The van der Waals surface area contributed by atoms with Gasteiger partial charge in [0.25, 0.3) is 0 Å². The fourth-order valence-corrected chi connectivity index (χ4v) is 1.18. The van der Waals surface area contributed by atoms with Gasteiger partial charge in [-0.1, -0.05) is 32.3 Å². The molecular weight excluding hydrogens is 152 g/mol. The monoisotopic (exact) mass is 172 g/mol. The summed E-state index contributed by atoms with van der Waals surface area (Å²) in [6.45, 7) is 5.74. The van der Waals surface area contributed by atoms with E-state index in [-0.39, 0.29) is 12.2 Å². The number of methoxy groups -OCH3 is 1. The lowest BCUT2D eigenvalue weighted by Gasteiger charge is -2.17. The molecule has 12 heavy (non-hydrogen) atoms. The van der Waals surface area contributed by atoms with Crippen molar-refractivity contribution < 1.29 is 9.84 Å². The smallest absolute Gasteiger partial charge is 0.101 e. The Kier molecular flexibility index (Phi) is 7.11. The van der Waals surface area contributed by atoms with E-state index < -0.39 is 0 Å². The fraction of sp³-hybridized carbons (Fsp3) is 0.800.